The molecule has 4 heteroatoms. The van der Waals surface area contributed by atoms with Gasteiger partial charge in [0.2, 0.25) is 0 Å². The van der Waals surface area contributed by atoms with Crippen LogP contribution in [0.15, 0.2) is 84.9 Å². The molecule has 0 aliphatic carbocycles. The summed E-state index contributed by atoms with van der Waals surface area (Å²) in [4.78, 5) is 0. The number of hydrogen-bond donors (Lipinski definition) is 2. The molecular formula is C28H30N2O2. The molecule has 0 saturated heterocycles. The molecule has 0 saturated carbocycles. The molecule has 0 radical (unpaired) electrons. The van der Waals surface area contributed by atoms with Gasteiger partial charge in [-0.2, -0.15) is 0 Å². The van der Waals surface area contributed by atoms with Crippen LogP contribution >= 0.6 is 0 Å². The van der Waals surface area contributed by atoms with E-state index < -0.39 is 0 Å². The summed E-state index contributed by atoms with van der Waals surface area (Å²) in [7, 11) is 3.49. The molecule has 0 aromatic heterocycles. The van der Waals surface area contributed by atoms with Gasteiger partial charge in [0, 0.05) is 48.1 Å². The second kappa shape index (κ2) is 10.8. The molecule has 164 valence electrons. The van der Waals surface area contributed by atoms with E-state index in [1.165, 1.54) is 11.1 Å². The molecule has 0 atom stereocenters. The van der Waals surface area contributed by atoms with Crippen molar-refractivity contribution in [2.45, 2.75) is 26.2 Å². The van der Waals surface area contributed by atoms with Gasteiger partial charge in [0.15, 0.2) is 0 Å². The highest BCUT2D eigenvalue weighted by molar-refractivity contribution is 5.96. The van der Waals surface area contributed by atoms with E-state index in [4.69, 9.17) is 9.47 Å². The number of hydrogen-bond acceptors (Lipinski definition) is 4. The van der Waals surface area contributed by atoms with Gasteiger partial charge < -0.3 is 20.1 Å². The normalized spacial score (nSPS) is 10.9. The van der Waals surface area contributed by atoms with Crippen molar-refractivity contribution in [2.24, 2.45) is 0 Å². The van der Waals surface area contributed by atoms with E-state index in [0.29, 0.717) is 13.1 Å². The lowest BCUT2D eigenvalue weighted by Crippen LogP contribution is -2.19. The number of methoxy groups -OCH3 is 2. The van der Waals surface area contributed by atoms with Crippen molar-refractivity contribution in [1.29, 1.82) is 0 Å². The predicted molar refractivity (Wildman–Crippen MR) is 131 cm³/mol. The van der Waals surface area contributed by atoms with Gasteiger partial charge in [-0.3, -0.25) is 0 Å². The van der Waals surface area contributed by atoms with E-state index >= 15 is 0 Å². The Bertz CT molecular complexity index is 1050. The van der Waals surface area contributed by atoms with E-state index in [0.717, 1.165) is 46.5 Å². The van der Waals surface area contributed by atoms with Crippen molar-refractivity contribution < 1.29 is 9.47 Å². The highest BCUT2D eigenvalue weighted by Crippen LogP contribution is 2.40. The number of benzene rings is 4. The van der Waals surface area contributed by atoms with Crippen LogP contribution in [0.2, 0.25) is 0 Å². The lowest BCUT2D eigenvalue weighted by atomic mass is 9.97. The minimum absolute atomic E-state index is 0.682. The number of ether oxygens (including phenoxy) is 2. The third kappa shape index (κ3) is 4.93. The highest BCUT2D eigenvalue weighted by atomic mass is 16.5. The molecule has 0 aliphatic rings. The fourth-order valence-corrected chi connectivity index (χ4v) is 4.17. The standard InChI is InChI=1S/C28H30N2O2/c1-31-27-23-15-9-10-16-24(23)28(32-2)26(20-30-18-22-13-7-4-8-14-22)25(27)19-29-17-21-11-5-3-6-12-21/h3-16,29-30H,17-20H2,1-2H3. The van der Waals surface area contributed by atoms with Gasteiger partial charge >= 0.3 is 0 Å². The van der Waals surface area contributed by atoms with Crippen LogP contribution < -0.4 is 20.1 Å². The van der Waals surface area contributed by atoms with Crippen LogP contribution in [0.3, 0.4) is 0 Å². The average Bonchev–Trinajstić information content (AvgIpc) is 2.85. The Morgan fingerprint density at radius 1 is 0.500 bits per heavy atom. The second-order valence-electron chi connectivity index (χ2n) is 7.75. The summed E-state index contributed by atoms with van der Waals surface area (Å²) >= 11 is 0. The lowest BCUT2D eigenvalue weighted by molar-refractivity contribution is 0.398. The molecule has 0 heterocycles. The number of rotatable bonds is 10. The van der Waals surface area contributed by atoms with E-state index in [-0.39, 0.29) is 0 Å². The summed E-state index contributed by atoms with van der Waals surface area (Å²) in [5, 5.41) is 9.32. The Balaban J connectivity index is 1.66. The molecular weight excluding hydrogens is 396 g/mol. The Hall–Kier alpha value is -3.34. The Morgan fingerprint density at radius 3 is 1.25 bits per heavy atom. The number of fused-ring (bicyclic) bond motifs is 1. The Labute approximate surface area is 190 Å². The first-order valence-electron chi connectivity index (χ1n) is 11.0. The van der Waals surface area contributed by atoms with Crippen LogP contribution in [0.25, 0.3) is 10.8 Å². The monoisotopic (exact) mass is 426 g/mol. The van der Waals surface area contributed by atoms with Crippen molar-refractivity contribution in [3.05, 3.63) is 107 Å². The van der Waals surface area contributed by atoms with E-state index in [9.17, 15) is 0 Å². The second-order valence-corrected chi connectivity index (χ2v) is 7.75. The summed E-state index contributed by atoms with van der Waals surface area (Å²) in [6.07, 6.45) is 0. The largest absolute Gasteiger partial charge is 0.496 e. The van der Waals surface area contributed by atoms with Crippen LogP contribution in [0.5, 0.6) is 11.5 Å². The lowest BCUT2D eigenvalue weighted by Gasteiger charge is -2.22. The van der Waals surface area contributed by atoms with Gasteiger partial charge in [-0.15, -0.1) is 0 Å². The molecule has 4 nitrogen and oxygen atoms in total. The van der Waals surface area contributed by atoms with Gasteiger partial charge in [-0.1, -0.05) is 84.9 Å². The van der Waals surface area contributed by atoms with E-state index in [1.807, 2.05) is 24.3 Å². The topological polar surface area (TPSA) is 42.5 Å². The minimum Gasteiger partial charge on any atom is -0.496 e. The molecule has 0 bridgehead atoms. The zero-order valence-electron chi connectivity index (χ0n) is 18.7. The quantitative estimate of drug-likeness (QED) is 0.355. The highest BCUT2D eigenvalue weighted by Gasteiger charge is 2.20. The minimum atomic E-state index is 0.682. The molecule has 2 N–H and O–H groups in total. The maximum absolute atomic E-state index is 5.94. The molecule has 0 unspecified atom stereocenters. The number of nitrogens with one attached hydrogen (secondary N) is 2. The first kappa shape index (κ1) is 21.9. The third-order valence-electron chi connectivity index (χ3n) is 5.68. The molecule has 4 aromatic rings. The van der Waals surface area contributed by atoms with Crippen molar-refractivity contribution in [2.75, 3.05) is 14.2 Å². The first-order chi connectivity index (χ1) is 15.8. The summed E-state index contributed by atoms with van der Waals surface area (Å²) < 4.78 is 11.9. The van der Waals surface area contributed by atoms with Crippen molar-refractivity contribution in [3.63, 3.8) is 0 Å². The van der Waals surface area contributed by atoms with E-state index in [2.05, 4.69) is 71.3 Å². The third-order valence-corrected chi connectivity index (χ3v) is 5.68. The van der Waals surface area contributed by atoms with Crippen molar-refractivity contribution >= 4 is 10.8 Å². The Kier molecular flexibility index (Phi) is 7.38. The van der Waals surface area contributed by atoms with Gasteiger partial charge in [-0.25, -0.2) is 0 Å². The summed E-state index contributed by atoms with van der Waals surface area (Å²) in [5.41, 5.74) is 4.75. The van der Waals surface area contributed by atoms with Crippen LogP contribution in [0, 0.1) is 0 Å². The van der Waals surface area contributed by atoms with Crippen LogP contribution in [-0.2, 0) is 26.2 Å². The van der Waals surface area contributed by atoms with Crippen molar-refractivity contribution in [3.8, 4) is 11.5 Å². The fraction of sp³-hybridized carbons (Fsp3) is 0.214. The van der Waals surface area contributed by atoms with Gasteiger partial charge in [0.25, 0.3) is 0 Å². The van der Waals surface area contributed by atoms with Gasteiger partial charge in [-0.05, 0) is 11.1 Å². The zero-order chi connectivity index (χ0) is 22.2. The van der Waals surface area contributed by atoms with Crippen molar-refractivity contribution in [1.82, 2.24) is 10.6 Å². The molecule has 0 fully saturated rings. The van der Waals surface area contributed by atoms with Gasteiger partial charge in [0.1, 0.15) is 11.5 Å². The maximum atomic E-state index is 5.94. The van der Waals surface area contributed by atoms with Crippen LogP contribution in [-0.4, -0.2) is 14.2 Å². The molecule has 0 spiro atoms. The summed E-state index contributed by atoms with van der Waals surface area (Å²) in [5.74, 6) is 1.80. The molecule has 32 heavy (non-hydrogen) atoms. The van der Waals surface area contributed by atoms with Crippen LogP contribution in [0.4, 0.5) is 0 Å². The predicted octanol–water partition coefficient (Wildman–Crippen LogP) is 5.44. The smallest absolute Gasteiger partial charge is 0.131 e. The first-order valence-corrected chi connectivity index (χ1v) is 11.0. The van der Waals surface area contributed by atoms with Crippen LogP contribution in [0.1, 0.15) is 22.3 Å². The van der Waals surface area contributed by atoms with Gasteiger partial charge in [0.05, 0.1) is 14.2 Å². The average molecular weight is 427 g/mol. The Morgan fingerprint density at radius 2 is 0.875 bits per heavy atom. The summed E-state index contributed by atoms with van der Waals surface area (Å²) in [6, 6.07) is 29.1. The molecule has 4 rings (SSSR count). The van der Waals surface area contributed by atoms with E-state index in [1.54, 1.807) is 14.2 Å². The fourth-order valence-electron chi connectivity index (χ4n) is 4.17. The zero-order valence-corrected chi connectivity index (χ0v) is 18.7. The SMILES string of the molecule is COc1c(CNCc2ccccc2)c(CNCc2ccccc2)c(OC)c2ccccc12. The summed E-state index contributed by atoms with van der Waals surface area (Å²) in [6.45, 7) is 2.94. The molecule has 0 aliphatic heterocycles. The maximum Gasteiger partial charge on any atom is 0.131 e. The molecule has 4 aromatic carbocycles. The molecule has 0 amide bonds.